The van der Waals surface area contributed by atoms with Gasteiger partial charge in [-0.2, -0.15) is 0 Å². The summed E-state index contributed by atoms with van der Waals surface area (Å²) in [5, 5.41) is 0.647. The Kier molecular flexibility index (Phi) is 4.18. The molecular formula is C16H19ClN4O. The first-order valence-corrected chi connectivity index (χ1v) is 7.68. The van der Waals surface area contributed by atoms with E-state index in [2.05, 4.69) is 16.8 Å². The quantitative estimate of drug-likeness (QED) is 0.872. The topological polar surface area (TPSA) is 41.4 Å². The Morgan fingerprint density at radius 1 is 1.41 bits per heavy atom. The first kappa shape index (κ1) is 15.1. The average Bonchev–Trinajstić information content (AvgIpc) is 2.88. The fraction of sp³-hybridized carbons (Fsp3) is 0.375. The molecule has 0 N–H and O–H groups in total. The molecule has 1 aromatic heterocycles. The van der Waals surface area contributed by atoms with Gasteiger partial charge in [-0.1, -0.05) is 17.7 Å². The lowest BCUT2D eigenvalue weighted by atomic mass is 10.1. The number of rotatable bonds is 3. The number of carbonyl (C=O) groups is 1. The Morgan fingerprint density at radius 3 is 2.91 bits per heavy atom. The molecule has 1 aliphatic heterocycles. The maximum absolute atomic E-state index is 12.5. The molecule has 0 bridgehead atoms. The van der Waals surface area contributed by atoms with Crippen molar-refractivity contribution in [2.75, 3.05) is 18.0 Å². The standard InChI is InChI=1S/C16H19ClN4O/c1-12-9-21(14-5-3-4-13(17)8-14)16(22)11-20(12)10-15-18-6-7-19(15)2/h3-8,12H,9-11H2,1-2H3/t12-/m1/s1. The zero-order valence-electron chi connectivity index (χ0n) is 12.7. The molecular weight excluding hydrogens is 300 g/mol. The summed E-state index contributed by atoms with van der Waals surface area (Å²) in [5.41, 5.74) is 0.862. The van der Waals surface area contributed by atoms with Gasteiger partial charge in [-0.25, -0.2) is 4.98 Å². The van der Waals surface area contributed by atoms with Crippen molar-refractivity contribution in [3.8, 4) is 0 Å². The molecule has 5 nitrogen and oxygen atoms in total. The normalized spacial score (nSPS) is 19.7. The highest BCUT2D eigenvalue weighted by atomic mass is 35.5. The Bertz CT molecular complexity index is 684. The van der Waals surface area contributed by atoms with Crippen molar-refractivity contribution in [3.05, 3.63) is 47.5 Å². The number of hydrogen-bond donors (Lipinski definition) is 0. The lowest BCUT2D eigenvalue weighted by Crippen LogP contribution is -2.55. The zero-order chi connectivity index (χ0) is 15.7. The second-order valence-corrected chi connectivity index (χ2v) is 6.13. The van der Waals surface area contributed by atoms with Crippen LogP contribution in [-0.4, -0.2) is 39.5 Å². The van der Waals surface area contributed by atoms with Gasteiger partial charge in [0.05, 0.1) is 13.1 Å². The molecule has 0 unspecified atom stereocenters. The van der Waals surface area contributed by atoms with Crippen LogP contribution < -0.4 is 4.90 Å². The zero-order valence-corrected chi connectivity index (χ0v) is 13.5. The summed E-state index contributed by atoms with van der Waals surface area (Å²) >= 11 is 6.03. The third kappa shape index (κ3) is 3.00. The van der Waals surface area contributed by atoms with E-state index in [0.717, 1.165) is 11.5 Å². The number of hydrogen-bond acceptors (Lipinski definition) is 3. The number of amides is 1. The maximum Gasteiger partial charge on any atom is 0.241 e. The third-order valence-corrected chi connectivity index (χ3v) is 4.33. The lowest BCUT2D eigenvalue weighted by molar-refractivity contribution is -0.122. The van der Waals surface area contributed by atoms with Crippen molar-refractivity contribution in [1.82, 2.24) is 14.5 Å². The Morgan fingerprint density at radius 2 is 2.23 bits per heavy atom. The van der Waals surface area contributed by atoms with Gasteiger partial charge in [0.1, 0.15) is 5.82 Å². The van der Waals surface area contributed by atoms with Crippen LogP contribution in [-0.2, 0) is 18.4 Å². The van der Waals surface area contributed by atoms with E-state index < -0.39 is 0 Å². The molecule has 1 fully saturated rings. The smallest absolute Gasteiger partial charge is 0.241 e. The van der Waals surface area contributed by atoms with E-state index in [1.807, 2.05) is 47.0 Å². The van der Waals surface area contributed by atoms with Crippen LogP contribution in [0, 0.1) is 0 Å². The summed E-state index contributed by atoms with van der Waals surface area (Å²) in [4.78, 5) is 20.8. The highest BCUT2D eigenvalue weighted by Gasteiger charge is 2.30. The molecule has 1 amide bonds. The largest absolute Gasteiger partial charge is 0.337 e. The Labute approximate surface area is 135 Å². The van der Waals surface area contributed by atoms with Crippen molar-refractivity contribution in [2.45, 2.75) is 19.5 Å². The molecule has 2 heterocycles. The van der Waals surface area contributed by atoms with E-state index in [4.69, 9.17) is 11.6 Å². The summed E-state index contributed by atoms with van der Waals surface area (Å²) in [5.74, 6) is 1.06. The van der Waals surface area contributed by atoms with Gasteiger partial charge in [0.15, 0.2) is 0 Å². The number of benzene rings is 1. The number of anilines is 1. The molecule has 1 aromatic carbocycles. The molecule has 6 heteroatoms. The van der Waals surface area contributed by atoms with Crippen molar-refractivity contribution in [1.29, 1.82) is 0 Å². The molecule has 1 aliphatic rings. The first-order valence-electron chi connectivity index (χ1n) is 7.31. The fourth-order valence-corrected chi connectivity index (χ4v) is 2.92. The second kappa shape index (κ2) is 6.10. The minimum absolute atomic E-state index is 0.0922. The summed E-state index contributed by atoms with van der Waals surface area (Å²) in [6.45, 7) is 3.86. The first-order chi connectivity index (χ1) is 10.5. The average molecular weight is 319 g/mol. The van der Waals surface area contributed by atoms with Gasteiger partial charge in [-0.05, 0) is 25.1 Å². The Balaban J connectivity index is 1.74. The molecule has 22 heavy (non-hydrogen) atoms. The van der Waals surface area contributed by atoms with E-state index >= 15 is 0 Å². The number of piperazine rings is 1. The number of aryl methyl sites for hydroxylation is 1. The molecule has 3 rings (SSSR count). The summed E-state index contributed by atoms with van der Waals surface area (Å²) in [6, 6.07) is 7.70. The lowest BCUT2D eigenvalue weighted by Gasteiger charge is -2.39. The van der Waals surface area contributed by atoms with Crippen LogP contribution in [0.2, 0.25) is 5.02 Å². The van der Waals surface area contributed by atoms with Crippen LogP contribution in [0.3, 0.4) is 0 Å². The van der Waals surface area contributed by atoms with Gasteiger partial charge < -0.3 is 9.47 Å². The number of aromatic nitrogens is 2. The molecule has 0 radical (unpaired) electrons. The van der Waals surface area contributed by atoms with E-state index in [0.29, 0.717) is 24.7 Å². The van der Waals surface area contributed by atoms with Crippen molar-refractivity contribution in [2.24, 2.45) is 7.05 Å². The number of imidazole rings is 1. The molecule has 0 aliphatic carbocycles. The minimum Gasteiger partial charge on any atom is -0.337 e. The van der Waals surface area contributed by atoms with E-state index in [1.54, 1.807) is 6.20 Å². The predicted molar refractivity (Wildman–Crippen MR) is 86.9 cm³/mol. The highest BCUT2D eigenvalue weighted by molar-refractivity contribution is 6.30. The summed E-state index contributed by atoms with van der Waals surface area (Å²) < 4.78 is 1.99. The Hall–Kier alpha value is -1.85. The van der Waals surface area contributed by atoms with Crippen LogP contribution in [0.15, 0.2) is 36.7 Å². The van der Waals surface area contributed by atoms with Gasteiger partial charge in [0.2, 0.25) is 5.91 Å². The number of carbonyl (C=O) groups excluding carboxylic acids is 1. The number of halogens is 1. The molecule has 0 spiro atoms. The monoisotopic (exact) mass is 318 g/mol. The van der Waals surface area contributed by atoms with E-state index in [1.165, 1.54) is 0 Å². The van der Waals surface area contributed by atoms with Crippen LogP contribution in [0.4, 0.5) is 5.69 Å². The predicted octanol–water partition coefficient (Wildman–Crippen LogP) is 2.31. The molecule has 1 atom stereocenters. The molecule has 116 valence electrons. The van der Waals surface area contributed by atoms with Gasteiger partial charge in [0.25, 0.3) is 0 Å². The minimum atomic E-state index is 0.0922. The summed E-state index contributed by atoms with van der Waals surface area (Å²) in [7, 11) is 1.97. The van der Waals surface area contributed by atoms with Gasteiger partial charge in [-0.3, -0.25) is 9.69 Å². The molecule has 0 saturated carbocycles. The van der Waals surface area contributed by atoms with Crippen LogP contribution in [0.25, 0.3) is 0 Å². The number of nitrogens with zero attached hydrogens (tertiary/aromatic N) is 4. The van der Waals surface area contributed by atoms with E-state index in [9.17, 15) is 4.79 Å². The van der Waals surface area contributed by atoms with Crippen LogP contribution >= 0.6 is 11.6 Å². The third-order valence-electron chi connectivity index (χ3n) is 4.09. The van der Waals surface area contributed by atoms with Crippen LogP contribution in [0.1, 0.15) is 12.7 Å². The second-order valence-electron chi connectivity index (χ2n) is 5.69. The highest BCUT2D eigenvalue weighted by Crippen LogP contribution is 2.23. The van der Waals surface area contributed by atoms with Gasteiger partial charge >= 0.3 is 0 Å². The van der Waals surface area contributed by atoms with Crippen molar-refractivity contribution >= 4 is 23.2 Å². The van der Waals surface area contributed by atoms with Crippen LogP contribution in [0.5, 0.6) is 0 Å². The van der Waals surface area contributed by atoms with Gasteiger partial charge in [0, 0.05) is 42.7 Å². The molecule has 2 aromatic rings. The maximum atomic E-state index is 12.5. The van der Waals surface area contributed by atoms with E-state index in [-0.39, 0.29) is 11.9 Å². The summed E-state index contributed by atoms with van der Waals surface area (Å²) in [6.07, 6.45) is 3.70. The fourth-order valence-electron chi connectivity index (χ4n) is 2.73. The van der Waals surface area contributed by atoms with Gasteiger partial charge in [-0.15, -0.1) is 0 Å². The van der Waals surface area contributed by atoms with Crippen molar-refractivity contribution < 1.29 is 4.79 Å². The molecule has 1 saturated heterocycles. The van der Waals surface area contributed by atoms with Crippen molar-refractivity contribution in [3.63, 3.8) is 0 Å². The SMILES string of the molecule is C[C@@H]1CN(c2cccc(Cl)c2)C(=O)CN1Cc1nccn1C.